The number of nitrogens with zero attached hydrogens (tertiary/aromatic N) is 1. The fourth-order valence-electron chi connectivity index (χ4n) is 2.21. The maximum Gasteiger partial charge on any atom is 0.251 e. The molecule has 5 heteroatoms. The summed E-state index contributed by atoms with van der Waals surface area (Å²) < 4.78 is 0. The highest BCUT2D eigenvalue weighted by atomic mass is 16.1. The van der Waals surface area contributed by atoms with Crippen LogP contribution in [0.3, 0.4) is 0 Å². The first-order chi connectivity index (χ1) is 10.3. The van der Waals surface area contributed by atoms with Crippen LogP contribution in [0.15, 0.2) is 36.7 Å². The number of rotatable bonds is 8. The zero-order chi connectivity index (χ0) is 14.9. The molecule has 0 aliphatic carbocycles. The molecule has 0 saturated carbocycles. The number of H-pyrrole nitrogens is 1. The number of carbonyl (C=O) groups is 1. The van der Waals surface area contributed by atoms with Crippen molar-refractivity contribution in [3.05, 3.63) is 53.6 Å². The number of nitrogens with one attached hydrogen (secondary N) is 3. The van der Waals surface area contributed by atoms with Crippen LogP contribution < -0.4 is 10.6 Å². The standard InChI is InChI=1S/C16H22N4O/c1-17-10-8-13-5-2-3-6-14(13)16(21)20-9-4-7-15-18-11-12-19-15/h2-3,5-6,11-12,17H,4,7-10H2,1H3,(H,18,19)(H,20,21). The van der Waals surface area contributed by atoms with Crippen molar-refractivity contribution in [3.8, 4) is 0 Å². The summed E-state index contributed by atoms with van der Waals surface area (Å²) in [6, 6.07) is 7.77. The van der Waals surface area contributed by atoms with Gasteiger partial charge in [-0.25, -0.2) is 4.98 Å². The smallest absolute Gasteiger partial charge is 0.251 e. The van der Waals surface area contributed by atoms with E-state index in [1.54, 1.807) is 6.20 Å². The molecule has 1 amide bonds. The molecule has 0 fully saturated rings. The molecule has 0 aliphatic heterocycles. The predicted molar refractivity (Wildman–Crippen MR) is 83.3 cm³/mol. The zero-order valence-corrected chi connectivity index (χ0v) is 12.4. The second kappa shape index (κ2) is 8.21. The highest BCUT2D eigenvalue weighted by Crippen LogP contribution is 2.09. The van der Waals surface area contributed by atoms with E-state index in [4.69, 9.17) is 0 Å². The zero-order valence-electron chi connectivity index (χ0n) is 12.4. The highest BCUT2D eigenvalue weighted by molar-refractivity contribution is 5.95. The molecule has 2 rings (SSSR count). The lowest BCUT2D eigenvalue weighted by Crippen LogP contribution is -2.26. The van der Waals surface area contributed by atoms with E-state index in [-0.39, 0.29) is 5.91 Å². The molecule has 0 saturated heterocycles. The number of imidazole rings is 1. The molecule has 1 aromatic carbocycles. The van der Waals surface area contributed by atoms with E-state index in [9.17, 15) is 4.79 Å². The van der Waals surface area contributed by atoms with Crippen LogP contribution in [0.2, 0.25) is 0 Å². The summed E-state index contributed by atoms with van der Waals surface area (Å²) in [6.45, 7) is 1.52. The maximum absolute atomic E-state index is 12.2. The van der Waals surface area contributed by atoms with Gasteiger partial charge in [0.2, 0.25) is 0 Å². The summed E-state index contributed by atoms with van der Waals surface area (Å²) in [5.41, 5.74) is 1.85. The molecule has 0 atom stereocenters. The molecule has 0 radical (unpaired) electrons. The minimum absolute atomic E-state index is 0.00106. The number of likely N-dealkylation sites (N-methyl/N-ethyl adjacent to an activating group) is 1. The lowest BCUT2D eigenvalue weighted by Gasteiger charge is -2.10. The molecule has 0 bridgehead atoms. The summed E-state index contributed by atoms with van der Waals surface area (Å²) in [6.07, 6.45) is 6.12. The third-order valence-electron chi connectivity index (χ3n) is 3.34. The van der Waals surface area contributed by atoms with Gasteiger partial charge in [0.15, 0.2) is 0 Å². The van der Waals surface area contributed by atoms with Gasteiger partial charge in [-0.3, -0.25) is 4.79 Å². The highest BCUT2D eigenvalue weighted by Gasteiger charge is 2.09. The summed E-state index contributed by atoms with van der Waals surface area (Å²) in [5, 5.41) is 6.09. The summed E-state index contributed by atoms with van der Waals surface area (Å²) in [7, 11) is 1.91. The minimum atomic E-state index is 0.00106. The fourth-order valence-corrected chi connectivity index (χ4v) is 2.21. The van der Waals surface area contributed by atoms with E-state index in [1.165, 1.54) is 0 Å². The van der Waals surface area contributed by atoms with Gasteiger partial charge in [0.1, 0.15) is 5.82 Å². The Kier molecular flexibility index (Phi) is 5.97. The number of aromatic nitrogens is 2. The Morgan fingerprint density at radius 1 is 1.24 bits per heavy atom. The minimum Gasteiger partial charge on any atom is -0.352 e. The van der Waals surface area contributed by atoms with Gasteiger partial charge in [0.05, 0.1) is 0 Å². The van der Waals surface area contributed by atoms with E-state index in [2.05, 4.69) is 20.6 Å². The number of hydrogen-bond donors (Lipinski definition) is 3. The largest absolute Gasteiger partial charge is 0.352 e. The van der Waals surface area contributed by atoms with Gasteiger partial charge < -0.3 is 15.6 Å². The number of carbonyl (C=O) groups excluding carboxylic acids is 1. The van der Waals surface area contributed by atoms with Crippen molar-refractivity contribution in [3.63, 3.8) is 0 Å². The van der Waals surface area contributed by atoms with Crippen molar-refractivity contribution in [2.24, 2.45) is 0 Å². The van der Waals surface area contributed by atoms with Gasteiger partial charge in [-0.2, -0.15) is 0 Å². The van der Waals surface area contributed by atoms with E-state index < -0.39 is 0 Å². The number of aromatic amines is 1. The van der Waals surface area contributed by atoms with Crippen LogP contribution in [0, 0.1) is 0 Å². The van der Waals surface area contributed by atoms with Crippen molar-refractivity contribution in [2.45, 2.75) is 19.3 Å². The molecule has 0 unspecified atom stereocenters. The topological polar surface area (TPSA) is 69.8 Å². The van der Waals surface area contributed by atoms with Crippen LogP contribution in [-0.2, 0) is 12.8 Å². The number of amides is 1. The quantitative estimate of drug-likeness (QED) is 0.645. The maximum atomic E-state index is 12.2. The second-order valence-electron chi connectivity index (χ2n) is 4.91. The fraction of sp³-hybridized carbons (Fsp3) is 0.375. The first kappa shape index (κ1) is 15.3. The number of benzene rings is 1. The predicted octanol–water partition coefficient (Wildman–Crippen LogP) is 1.53. The molecule has 0 spiro atoms. The molecule has 112 valence electrons. The summed E-state index contributed by atoms with van der Waals surface area (Å²) >= 11 is 0. The van der Waals surface area contributed by atoms with Crippen molar-refractivity contribution in [1.82, 2.24) is 20.6 Å². The Hall–Kier alpha value is -2.14. The molecular formula is C16H22N4O. The van der Waals surface area contributed by atoms with Crippen LogP contribution in [-0.4, -0.2) is 36.0 Å². The van der Waals surface area contributed by atoms with Crippen molar-refractivity contribution in [2.75, 3.05) is 20.1 Å². The van der Waals surface area contributed by atoms with E-state index >= 15 is 0 Å². The number of hydrogen-bond acceptors (Lipinski definition) is 3. The van der Waals surface area contributed by atoms with E-state index in [0.717, 1.165) is 42.8 Å². The average Bonchev–Trinajstić information content (AvgIpc) is 3.03. The lowest BCUT2D eigenvalue weighted by molar-refractivity contribution is 0.0952. The first-order valence-corrected chi connectivity index (χ1v) is 7.30. The van der Waals surface area contributed by atoms with Gasteiger partial charge in [-0.1, -0.05) is 18.2 Å². The van der Waals surface area contributed by atoms with Gasteiger partial charge in [0.25, 0.3) is 5.91 Å². The number of aryl methyl sites for hydroxylation is 1. The van der Waals surface area contributed by atoms with Gasteiger partial charge in [-0.15, -0.1) is 0 Å². The summed E-state index contributed by atoms with van der Waals surface area (Å²) in [5.74, 6) is 0.958. The SMILES string of the molecule is CNCCc1ccccc1C(=O)NCCCc1ncc[nH]1. The van der Waals surface area contributed by atoms with Crippen LogP contribution in [0.25, 0.3) is 0 Å². The molecule has 2 aromatic rings. The van der Waals surface area contributed by atoms with Crippen molar-refractivity contribution >= 4 is 5.91 Å². The molecule has 5 nitrogen and oxygen atoms in total. The van der Waals surface area contributed by atoms with E-state index in [0.29, 0.717) is 6.54 Å². The van der Waals surface area contributed by atoms with Crippen molar-refractivity contribution in [1.29, 1.82) is 0 Å². The summed E-state index contributed by atoms with van der Waals surface area (Å²) in [4.78, 5) is 19.5. The van der Waals surface area contributed by atoms with Crippen LogP contribution in [0.5, 0.6) is 0 Å². The molecule has 1 aromatic heterocycles. The van der Waals surface area contributed by atoms with Gasteiger partial charge in [-0.05, 0) is 38.1 Å². The molecule has 3 N–H and O–H groups in total. The molecule has 0 aliphatic rings. The Morgan fingerprint density at radius 2 is 2.10 bits per heavy atom. The Morgan fingerprint density at radius 3 is 2.86 bits per heavy atom. The van der Waals surface area contributed by atoms with E-state index in [1.807, 2.05) is 37.5 Å². The average molecular weight is 286 g/mol. The van der Waals surface area contributed by atoms with Crippen LogP contribution >= 0.6 is 0 Å². The third-order valence-corrected chi connectivity index (χ3v) is 3.34. The third kappa shape index (κ3) is 4.72. The Bertz CT molecular complexity index is 551. The monoisotopic (exact) mass is 286 g/mol. The molecular weight excluding hydrogens is 264 g/mol. The Labute approximate surface area is 125 Å². The molecule has 1 heterocycles. The van der Waals surface area contributed by atoms with Crippen molar-refractivity contribution < 1.29 is 4.79 Å². The second-order valence-corrected chi connectivity index (χ2v) is 4.91. The lowest BCUT2D eigenvalue weighted by atomic mass is 10.0. The first-order valence-electron chi connectivity index (χ1n) is 7.30. The van der Waals surface area contributed by atoms with Gasteiger partial charge in [0, 0.05) is 30.9 Å². The van der Waals surface area contributed by atoms with Gasteiger partial charge >= 0.3 is 0 Å². The Balaban J connectivity index is 1.82. The van der Waals surface area contributed by atoms with Crippen LogP contribution in [0.4, 0.5) is 0 Å². The molecule has 21 heavy (non-hydrogen) atoms. The van der Waals surface area contributed by atoms with Crippen LogP contribution in [0.1, 0.15) is 28.2 Å². The normalized spacial score (nSPS) is 10.5.